The molecule has 0 bridgehead atoms. The fraction of sp³-hybridized carbons (Fsp3) is 0.333. The quantitative estimate of drug-likeness (QED) is 0.640. The average molecular weight is 330 g/mol. The molecule has 1 heterocycles. The molecule has 2 aromatic rings. The fourth-order valence-corrected chi connectivity index (χ4v) is 3.37. The van der Waals surface area contributed by atoms with Gasteiger partial charge >= 0.3 is 5.97 Å². The number of benzene rings is 2. The van der Waals surface area contributed by atoms with Crippen LogP contribution in [0, 0.1) is 5.92 Å². The van der Waals surface area contributed by atoms with Gasteiger partial charge in [0.2, 0.25) is 5.91 Å². The van der Waals surface area contributed by atoms with Crippen LogP contribution in [0.15, 0.2) is 36.4 Å². The highest BCUT2D eigenvalue weighted by molar-refractivity contribution is 6.35. The summed E-state index contributed by atoms with van der Waals surface area (Å²) in [6.45, 7) is 0.480. The van der Waals surface area contributed by atoms with Gasteiger partial charge in [-0.1, -0.05) is 35.9 Å². The number of fused-ring (bicyclic) bond motifs is 1. The Morgan fingerprint density at radius 2 is 1.87 bits per heavy atom. The number of likely N-dealkylation sites (tertiary alicyclic amines) is 1. The molecule has 5 heteroatoms. The maximum Gasteiger partial charge on any atom is 0.316 e. The number of halogens is 1. The number of esters is 1. The van der Waals surface area contributed by atoms with Crippen LogP contribution >= 0.6 is 11.6 Å². The number of amides is 1. The van der Waals surface area contributed by atoms with Gasteiger partial charge in [0.05, 0.1) is 5.92 Å². The fourth-order valence-electron chi connectivity index (χ4n) is 3.14. The third-order valence-corrected chi connectivity index (χ3v) is 4.85. The van der Waals surface area contributed by atoms with E-state index in [4.69, 9.17) is 16.3 Å². The van der Waals surface area contributed by atoms with Crippen molar-refractivity contribution in [3.63, 3.8) is 0 Å². The Morgan fingerprint density at radius 3 is 2.61 bits per heavy atom. The SMILES string of the molecule is O=C(Oc1ccc(Cl)c2ccccc12)C1CC(=O)N(C2CC2)C1. The van der Waals surface area contributed by atoms with E-state index in [1.54, 1.807) is 12.1 Å². The summed E-state index contributed by atoms with van der Waals surface area (Å²) in [4.78, 5) is 26.2. The molecule has 4 rings (SSSR count). The number of carbonyl (C=O) groups excluding carboxylic acids is 2. The minimum atomic E-state index is -0.377. The molecule has 4 nitrogen and oxygen atoms in total. The molecule has 23 heavy (non-hydrogen) atoms. The number of nitrogens with zero attached hydrogens (tertiary/aromatic N) is 1. The number of rotatable bonds is 3. The molecular weight excluding hydrogens is 314 g/mol. The normalized spacial score (nSPS) is 21.0. The summed E-state index contributed by atoms with van der Waals surface area (Å²) in [5.74, 6) is -0.158. The predicted molar refractivity (Wildman–Crippen MR) is 87.4 cm³/mol. The van der Waals surface area contributed by atoms with Crippen molar-refractivity contribution in [1.82, 2.24) is 4.90 Å². The van der Waals surface area contributed by atoms with Crippen LogP contribution in [-0.2, 0) is 9.59 Å². The molecule has 2 fully saturated rings. The van der Waals surface area contributed by atoms with E-state index in [0.717, 1.165) is 23.6 Å². The molecule has 1 saturated heterocycles. The number of ether oxygens (including phenoxy) is 1. The molecule has 1 atom stereocenters. The highest BCUT2D eigenvalue weighted by Gasteiger charge is 2.42. The molecule has 0 spiro atoms. The second kappa shape index (κ2) is 5.53. The van der Waals surface area contributed by atoms with E-state index < -0.39 is 0 Å². The molecule has 1 amide bonds. The van der Waals surface area contributed by atoms with Crippen molar-refractivity contribution in [2.45, 2.75) is 25.3 Å². The third-order valence-electron chi connectivity index (χ3n) is 4.52. The summed E-state index contributed by atoms with van der Waals surface area (Å²) in [6, 6.07) is 11.3. The maximum atomic E-state index is 12.4. The number of hydrogen-bond acceptors (Lipinski definition) is 3. The van der Waals surface area contributed by atoms with Gasteiger partial charge in [0.15, 0.2) is 0 Å². The van der Waals surface area contributed by atoms with E-state index in [2.05, 4.69) is 0 Å². The van der Waals surface area contributed by atoms with Gasteiger partial charge in [-0.2, -0.15) is 0 Å². The van der Waals surface area contributed by atoms with Crippen LogP contribution in [0.25, 0.3) is 10.8 Å². The first-order valence-corrected chi connectivity index (χ1v) is 8.19. The molecule has 0 N–H and O–H groups in total. The highest BCUT2D eigenvalue weighted by Crippen LogP contribution is 2.35. The summed E-state index contributed by atoms with van der Waals surface area (Å²) in [6.07, 6.45) is 2.35. The molecule has 2 aliphatic rings. The van der Waals surface area contributed by atoms with Gasteiger partial charge in [-0.3, -0.25) is 9.59 Å². The van der Waals surface area contributed by atoms with Crippen LogP contribution in [0.1, 0.15) is 19.3 Å². The highest BCUT2D eigenvalue weighted by atomic mass is 35.5. The maximum absolute atomic E-state index is 12.4. The van der Waals surface area contributed by atoms with Crippen LogP contribution in [0.5, 0.6) is 5.75 Å². The molecule has 0 aromatic heterocycles. The minimum absolute atomic E-state index is 0.0652. The largest absolute Gasteiger partial charge is 0.426 e. The molecule has 0 radical (unpaired) electrons. The van der Waals surface area contributed by atoms with Crippen molar-refractivity contribution in [2.75, 3.05) is 6.54 Å². The van der Waals surface area contributed by atoms with Crippen molar-refractivity contribution in [3.05, 3.63) is 41.4 Å². The van der Waals surface area contributed by atoms with Gasteiger partial charge in [-0.25, -0.2) is 0 Å². The standard InChI is InChI=1S/C18H16ClNO3/c19-15-7-8-16(14-4-2-1-3-13(14)15)23-18(22)11-9-17(21)20(10-11)12-5-6-12/h1-4,7-8,11-12H,5-6,9-10H2. The smallest absolute Gasteiger partial charge is 0.316 e. The lowest BCUT2D eigenvalue weighted by atomic mass is 10.1. The van der Waals surface area contributed by atoms with E-state index in [-0.39, 0.29) is 24.2 Å². The first kappa shape index (κ1) is 14.5. The Kier molecular flexibility index (Phi) is 3.49. The Hall–Kier alpha value is -2.07. The van der Waals surface area contributed by atoms with E-state index >= 15 is 0 Å². The van der Waals surface area contributed by atoms with Gasteiger partial charge < -0.3 is 9.64 Å². The number of hydrogen-bond donors (Lipinski definition) is 0. The zero-order valence-electron chi connectivity index (χ0n) is 12.5. The lowest BCUT2D eigenvalue weighted by molar-refractivity contribution is -0.139. The van der Waals surface area contributed by atoms with Crippen LogP contribution < -0.4 is 4.74 Å². The van der Waals surface area contributed by atoms with Crippen LogP contribution in [-0.4, -0.2) is 29.4 Å². The molecule has 1 aliphatic carbocycles. The predicted octanol–water partition coefficient (Wildman–Crippen LogP) is 3.41. The molecule has 1 unspecified atom stereocenters. The van der Waals surface area contributed by atoms with Crippen molar-refractivity contribution < 1.29 is 14.3 Å². The molecular formula is C18H16ClNO3. The molecule has 1 aliphatic heterocycles. The van der Waals surface area contributed by atoms with Crippen molar-refractivity contribution in [3.8, 4) is 5.75 Å². The first-order chi connectivity index (χ1) is 11.1. The Morgan fingerprint density at radius 1 is 1.13 bits per heavy atom. The second-order valence-electron chi connectivity index (χ2n) is 6.19. The third kappa shape index (κ3) is 2.68. The van der Waals surface area contributed by atoms with Gasteiger partial charge in [0.25, 0.3) is 0 Å². The summed E-state index contributed by atoms with van der Waals surface area (Å²) in [5.41, 5.74) is 0. The van der Waals surface area contributed by atoms with Gasteiger partial charge in [0.1, 0.15) is 5.75 Å². The van der Waals surface area contributed by atoms with Crippen LogP contribution in [0.4, 0.5) is 0 Å². The van der Waals surface area contributed by atoms with Crippen LogP contribution in [0.3, 0.4) is 0 Å². The van der Waals surface area contributed by atoms with E-state index in [1.165, 1.54) is 0 Å². The summed E-state index contributed by atoms with van der Waals surface area (Å²) >= 11 is 6.18. The lowest BCUT2D eigenvalue weighted by Gasteiger charge is -2.15. The van der Waals surface area contributed by atoms with Gasteiger partial charge in [-0.05, 0) is 25.0 Å². The van der Waals surface area contributed by atoms with E-state index in [0.29, 0.717) is 23.4 Å². The molecule has 1 saturated carbocycles. The van der Waals surface area contributed by atoms with Gasteiger partial charge in [-0.15, -0.1) is 0 Å². The van der Waals surface area contributed by atoms with Crippen molar-refractivity contribution in [2.24, 2.45) is 5.92 Å². The summed E-state index contributed by atoms with van der Waals surface area (Å²) in [5, 5.41) is 2.27. The molecule has 2 aromatic carbocycles. The Balaban J connectivity index is 1.55. The average Bonchev–Trinajstić information content (AvgIpc) is 3.32. The van der Waals surface area contributed by atoms with Crippen molar-refractivity contribution >= 4 is 34.2 Å². The zero-order chi connectivity index (χ0) is 16.0. The van der Waals surface area contributed by atoms with Crippen LogP contribution in [0.2, 0.25) is 5.02 Å². The van der Waals surface area contributed by atoms with Crippen molar-refractivity contribution in [1.29, 1.82) is 0 Å². The zero-order valence-corrected chi connectivity index (χ0v) is 13.3. The number of carbonyl (C=O) groups is 2. The molecule has 118 valence electrons. The Bertz CT molecular complexity index is 800. The first-order valence-electron chi connectivity index (χ1n) is 7.82. The summed E-state index contributed by atoms with van der Waals surface area (Å²) in [7, 11) is 0. The summed E-state index contributed by atoms with van der Waals surface area (Å²) < 4.78 is 5.59. The monoisotopic (exact) mass is 329 g/mol. The minimum Gasteiger partial charge on any atom is -0.426 e. The van der Waals surface area contributed by atoms with E-state index in [9.17, 15) is 9.59 Å². The Labute approximate surface area is 139 Å². The van der Waals surface area contributed by atoms with Gasteiger partial charge in [0, 0.05) is 34.8 Å². The second-order valence-corrected chi connectivity index (χ2v) is 6.60. The lowest BCUT2D eigenvalue weighted by Crippen LogP contribution is -2.29. The topological polar surface area (TPSA) is 46.6 Å². The van der Waals surface area contributed by atoms with E-state index in [1.807, 2.05) is 29.2 Å².